The number of carbonyl (C=O) groups is 1. The van der Waals surface area contributed by atoms with Gasteiger partial charge in [-0.2, -0.15) is 5.10 Å². The summed E-state index contributed by atoms with van der Waals surface area (Å²) < 4.78 is 15.4. The Kier molecular flexibility index (Phi) is 3.47. The Bertz CT molecular complexity index is 855. The first-order valence-corrected chi connectivity index (χ1v) is 6.70. The fourth-order valence-electron chi connectivity index (χ4n) is 2.22. The first kappa shape index (κ1) is 14.0. The number of halogens is 1. The summed E-state index contributed by atoms with van der Waals surface area (Å²) in [5.74, 6) is -1.35. The Morgan fingerprint density at radius 1 is 1.18 bits per heavy atom. The zero-order valence-electron chi connectivity index (χ0n) is 11.8. The lowest BCUT2D eigenvalue weighted by molar-refractivity contribution is 0.0697. The van der Waals surface area contributed by atoms with Gasteiger partial charge in [-0.05, 0) is 42.8 Å². The van der Waals surface area contributed by atoms with Gasteiger partial charge in [-0.15, -0.1) is 0 Å². The summed E-state index contributed by atoms with van der Waals surface area (Å²) in [6.45, 7) is 1.82. The number of aryl methyl sites for hydroxylation is 1. The third-order valence-corrected chi connectivity index (χ3v) is 3.34. The predicted molar refractivity (Wildman–Crippen MR) is 80.7 cm³/mol. The molecule has 0 bridgehead atoms. The van der Waals surface area contributed by atoms with Crippen LogP contribution in [-0.2, 0) is 0 Å². The normalized spacial score (nSPS) is 10.6. The van der Waals surface area contributed by atoms with Crippen LogP contribution in [0.5, 0.6) is 0 Å². The van der Waals surface area contributed by atoms with Gasteiger partial charge in [0, 0.05) is 11.8 Å². The maximum Gasteiger partial charge on any atom is 0.335 e. The molecule has 0 aliphatic carbocycles. The highest BCUT2D eigenvalue weighted by molar-refractivity contribution is 5.89. The van der Waals surface area contributed by atoms with Crippen LogP contribution in [0.4, 0.5) is 4.39 Å². The van der Waals surface area contributed by atoms with Gasteiger partial charge in [-0.3, -0.25) is 0 Å². The number of aromatic carboxylic acids is 1. The molecule has 0 aliphatic heterocycles. The molecule has 0 radical (unpaired) electrons. The van der Waals surface area contributed by atoms with Crippen LogP contribution in [0.3, 0.4) is 0 Å². The summed E-state index contributed by atoms with van der Waals surface area (Å²) in [5.41, 5.74) is 2.64. The van der Waals surface area contributed by atoms with Crippen LogP contribution in [0.2, 0.25) is 0 Å². The second-order valence-corrected chi connectivity index (χ2v) is 4.99. The summed E-state index contributed by atoms with van der Waals surface area (Å²) in [6.07, 6.45) is 1.65. The molecule has 0 unspecified atom stereocenters. The fourth-order valence-corrected chi connectivity index (χ4v) is 2.22. The van der Waals surface area contributed by atoms with E-state index < -0.39 is 5.97 Å². The molecule has 0 atom stereocenters. The van der Waals surface area contributed by atoms with Gasteiger partial charge in [0.15, 0.2) is 0 Å². The highest BCUT2D eigenvalue weighted by Crippen LogP contribution is 2.21. The zero-order chi connectivity index (χ0) is 15.7. The van der Waals surface area contributed by atoms with Crippen LogP contribution in [0.25, 0.3) is 16.9 Å². The molecular weight excluding hydrogens is 283 g/mol. The maximum absolute atomic E-state index is 14.0. The summed E-state index contributed by atoms with van der Waals surface area (Å²) >= 11 is 0. The number of nitrogens with zero attached hydrogens (tertiary/aromatic N) is 2. The number of rotatable bonds is 3. The lowest BCUT2D eigenvalue weighted by Crippen LogP contribution is -1.99. The number of hydrogen-bond acceptors (Lipinski definition) is 2. The largest absolute Gasteiger partial charge is 0.478 e. The summed E-state index contributed by atoms with van der Waals surface area (Å²) in [6, 6.07) is 13.1. The van der Waals surface area contributed by atoms with Crippen molar-refractivity contribution in [3.63, 3.8) is 0 Å². The van der Waals surface area contributed by atoms with Crippen LogP contribution in [0, 0.1) is 12.7 Å². The van der Waals surface area contributed by atoms with Crippen molar-refractivity contribution in [1.82, 2.24) is 9.78 Å². The molecule has 1 aromatic heterocycles. The lowest BCUT2D eigenvalue weighted by atomic mass is 10.1. The molecule has 3 aromatic rings. The molecular formula is C17H13FN2O2. The second-order valence-electron chi connectivity index (χ2n) is 4.99. The van der Waals surface area contributed by atoms with E-state index in [1.165, 1.54) is 16.8 Å². The zero-order valence-corrected chi connectivity index (χ0v) is 11.8. The molecule has 4 nitrogen and oxygen atoms in total. The molecule has 0 saturated heterocycles. The first-order chi connectivity index (χ1) is 10.5. The van der Waals surface area contributed by atoms with Gasteiger partial charge in [-0.1, -0.05) is 18.2 Å². The first-order valence-electron chi connectivity index (χ1n) is 6.70. The molecule has 0 amide bonds. The van der Waals surface area contributed by atoms with E-state index in [0.29, 0.717) is 16.9 Å². The summed E-state index contributed by atoms with van der Waals surface area (Å²) in [5, 5.41) is 13.4. The third kappa shape index (κ3) is 2.61. The molecule has 0 aliphatic rings. The molecule has 0 spiro atoms. The van der Waals surface area contributed by atoms with Gasteiger partial charge in [0.2, 0.25) is 0 Å². The van der Waals surface area contributed by atoms with Crippen molar-refractivity contribution >= 4 is 5.97 Å². The van der Waals surface area contributed by atoms with E-state index in [0.717, 1.165) is 5.56 Å². The smallest absolute Gasteiger partial charge is 0.335 e. The molecule has 1 heterocycles. The van der Waals surface area contributed by atoms with Gasteiger partial charge in [-0.25, -0.2) is 13.9 Å². The molecule has 5 heteroatoms. The van der Waals surface area contributed by atoms with E-state index >= 15 is 0 Å². The molecule has 2 aromatic carbocycles. The standard InChI is InChI=1S/C17H13FN2O2/c1-11-5-6-16(14(18)9-11)20-8-7-15(19-20)12-3-2-4-13(10-12)17(21)22/h2-10H,1H3,(H,21,22). The van der Waals surface area contributed by atoms with Crippen LogP contribution >= 0.6 is 0 Å². The number of carboxylic acid groups (broad SMARTS) is 1. The van der Waals surface area contributed by atoms with E-state index in [1.807, 2.05) is 13.0 Å². The van der Waals surface area contributed by atoms with Crippen LogP contribution in [0.1, 0.15) is 15.9 Å². The topological polar surface area (TPSA) is 55.1 Å². The minimum atomic E-state index is -0.995. The minimum Gasteiger partial charge on any atom is -0.478 e. The monoisotopic (exact) mass is 296 g/mol. The van der Waals surface area contributed by atoms with E-state index in [-0.39, 0.29) is 11.4 Å². The Morgan fingerprint density at radius 3 is 2.73 bits per heavy atom. The molecule has 0 fully saturated rings. The van der Waals surface area contributed by atoms with E-state index in [1.54, 1.807) is 36.5 Å². The Morgan fingerprint density at radius 2 is 2.00 bits per heavy atom. The van der Waals surface area contributed by atoms with Crippen molar-refractivity contribution in [3.05, 3.63) is 71.7 Å². The van der Waals surface area contributed by atoms with Gasteiger partial charge < -0.3 is 5.11 Å². The van der Waals surface area contributed by atoms with Gasteiger partial charge >= 0.3 is 5.97 Å². The Labute approximate surface area is 126 Å². The van der Waals surface area contributed by atoms with E-state index in [4.69, 9.17) is 5.11 Å². The summed E-state index contributed by atoms with van der Waals surface area (Å²) in [4.78, 5) is 11.0. The van der Waals surface area contributed by atoms with Gasteiger partial charge in [0.1, 0.15) is 11.5 Å². The average molecular weight is 296 g/mol. The van der Waals surface area contributed by atoms with Crippen molar-refractivity contribution in [2.24, 2.45) is 0 Å². The lowest BCUT2D eigenvalue weighted by Gasteiger charge is -2.04. The van der Waals surface area contributed by atoms with Crippen LogP contribution in [-0.4, -0.2) is 20.9 Å². The second kappa shape index (κ2) is 5.44. The number of aromatic nitrogens is 2. The number of carboxylic acids is 1. The SMILES string of the molecule is Cc1ccc(-n2ccc(-c3cccc(C(=O)O)c3)n2)c(F)c1. The highest BCUT2D eigenvalue weighted by Gasteiger charge is 2.10. The third-order valence-electron chi connectivity index (χ3n) is 3.34. The maximum atomic E-state index is 14.0. The average Bonchev–Trinajstić information content (AvgIpc) is 2.97. The number of hydrogen-bond donors (Lipinski definition) is 1. The predicted octanol–water partition coefficient (Wildman–Crippen LogP) is 3.69. The van der Waals surface area contributed by atoms with Gasteiger partial charge in [0.25, 0.3) is 0 Å². The molecule has 1 N–H and O–H groups in total. The molecule has 110 valence electrons. The van der Waals surface area contributed by atoms with E-state index in [2.05, 4.69) is 5.10 Å². The quantitative estimate of drug-likeness (QED) is 0.802. The van der Waals surface area contributed by atoms with Crippen molar-refractivity contribution < 1.29 is 14.3 Å². The van der Waals surface area contributed by atoms with Crippen molar-refractivity contribution in [2.75, 3.05) is 0 Å². The highest BCUT2D eigenvalue weighted by atomic mass is 19.1. The molecule has 0 saturated carbocycles. The fraction of sp³-hybridized carbons (Fsp3) is 0.0588. The molecule has 3 rings (SSSR count). The van der Waals surface area contributed by atoms with Crippen molar-refractivity contribution in [3.8, 4) is 16.9 Å². The van der Waals surface area contributed by atoms with Crippen LogP contribution < -0.4 is 0 Å². The Balaban J connectivity index is 2.00. The van der Waals surface area contributed by atoms with Crippen molar-refractivity contribution in [1.29, 1.82) is 0 Å². The molecule has 22 heavy (non-hydrogen) atoms. The minimum absolute atomic E-state index is 0.188. The van der Waals surface area contributed by atoms with Crippen molar-refractivity contribution in [2.45, 2.75) is 6.92 Å². The summed E-state index contributed by atoms with van der Waals surface area (Å²) in [7, 11) is 0. The number of benzene rings is 2. The van der Waals surface area contributed by atoms with E-state index in [9.17, 15) is 9.18 Å². The Hall–Kier alpha value is -2.95. The van der Waals surface area contributed by atoms with Gasteiger partial charge in [0.05, 0.1) is 11.3 Å². The van der Waals surface area contributed by atoms with Crippen LogP contribution in [0.15, 0.2) is 54.7 Å².